The van der Waals surface area contributed by atoms with Crippen LogP contribution in [-0.4, -0.2) is 40.5 Å². The van der Waals surface area contributed by atoms with Crippen LogP contribution in [0.3, 0.4) is 0 Å². The van der Waals surface area contributed by atoms with Gasteiger partial charge in [-0.1, -0.05) is 15.9 Å². The Morgan fingerprint density at radius 2 is 2.16 bits per heavy atom. The normalized spacial score (nSPS) is 11.9. The summed E-state index contributed by atoms with van der Waals surface area (Å²) in [5, 5.41) is 19.7. The zero-order valence-corrected chi connectivity index (χ0v) is 12.6. The van der Waals surface area contributed by atoms with Crippen molar-refractivity contribution in [2.45, 2.75) is 17.9 Å². The van der Waals surface area contributed by atoms with Gasteiger partial charge >= 0.3 is 5.97 Å². The largest absolute Gasteiger partial charge is 0.480 e. The van der Waals surface area contributed by atoms with Crippen molar-refractivity contribution in [3.63, 3.8) is 0 Å². The topological polar surface area (TPSA) is 86.6 Å². The number of carbonyl (C=O) groups is 2. The van der Waals surface area contributed by atoms with Crippen molar-refractivity contribution in [2.24, 2.45) is 0 Å². The van der Waals surface area contributed by atoms with Crippen molar-refractivity contribution in [1.82, 2.24) is 5.32 Å². The van der Waals surface area contributed by atoms with Crippen LogP contribution in [0.4, 0.5) is 0 Å². The molecule has 1 amide bonds. The summed E-state index contributed by atoms with van der Waals surface area (Å²) in [5.74, 6) is -1.57. The summed E-state index contributed by atoms with van der Waals surface area (Å²) >= 11 is 4.67. The Morgan fingerprint density at radius 3 is 2.68 bits per heavy atom. The highest BCUT2D eigenvalue weighted by Crippen LogP contribution is 2.25. The molecule has 0 aliphatic carbocycles. The molecule has 19 heavy (non-hydrogen) atoms. The third kappa shape index (κ3) is 5.22. The number of carbonyl (C=O) groups excluding carboxylic acids is 1. The highest BCUT2D eigenvalue weighted by Gasteiger charge is 2.18. The summed E-state index contributed by atoms with van der Waals surface area (Å²) < 4.78 is 0.963. The van der Waals surface area contributed by atoms with Gasteiger partial charge in [0.1, 0.15) is 6.04 Å². The van der Waals surface area contributed by atoms with Crippen LogP contribution in [0.25, 0.3) is 0 Å². The van der Waals surface area contributed by atoms with E-state index in [1.54, 1.807) is 0 Å². The molecule has 0 radical (unpaired) electrons. The molecule has 1 aromatic carbocycles. The first kappa shape index (κ1) is 16.0. The van der Waals surface area contributed by atoms with Gasteiger partial charge in [-0.2, -0.15) is 0 Å². The van der Waals surface area contributed by atoms with Gasteiger partial charge < -0.3 is 15.5 Å². The number of amides is 1. The van der Waals surface area contributed by atoms with Gasteiger partial charge in [0, 0.05) is 9.37 Å². The fraction of sp³-hybridized carbons (Fsp3) is 0.333. The van der Waals surface area contributed by atoms with E-state index in [9.17, 15) is 9.59 Å². The molecule has 3 N–H and O–H groups in total. The fourth-order valence-corrected chi connectivity index (χ4v) is 2.64. The number of benzene rings is 1. The van der Waals surface area contributed by atoms with E-state index in [1.165, 1.54) is 11.8 Å². The molecule has 0 aliphatic heterocycles. The monoisotopic (exact) mass is 347 g/mol. The third-order valence-electron chi connectivity index (χ3n) is 2.31. The predicted octanol–water partition coefficient (Wildman–Crippen LogP) is 1.41. The summed E-state index contributed by atoms with van der Waals surface area (Å²) in [5.41, 5.74) is 1.03. The van der Waals surface area contributed by atoms with Gasteiger partial charge in [0.15, 0.2) is 0 Å². The molecule has 0 bridgehead atoms. The average molecular weight is 348 g/mol. The first-order chi connectivity index (χ1) is 8.93. The van der Waals surface area contributed by atoms with Gasteiger partial charge in [-0.3, -0.25) is 4.79 Å². The Morgan fingerprint density at radius 1 is 1.47 bits per heavy atom. The molecule has 104 valence electrons. The molecular weight excluding hydrogens is 334 g/mol. The van der Waals surface area contributed by atoms with Crippen LogP contribution in [0.15, 0.2) is 27.6 Å². The standard InChI is InChI=1S/C12H14BrNO4S/c1-7-4-8(13)2-3-10(7)19-6-11(16)14-9(5-15)12(17)18/h2-4,9,15H,5-6H2,1H3,(H,14,16)(H,17,18). The molecule has 7 heteroatoms. The van der Waals surface area contributed by atoms with E-state index in [2.05, 4.69) is 21.2 Å². The maximum Gasteiger partial charge on any atom is 0.328 e. The molecule has 0 saturated heterocycles. The molecule has 1 rings (SSSR count). The van der Waals surface area contributed by atoms with E-state index in [-0.39, 0.29) is 5.75 Å². The second kappa shape index (κ2) is 7.52. The van der Waals surface area contributed by atoms with Crippen LogP contribution in [0, 0.1) is 6.92 Å². The Hall–Kier alpha value is -1.05. The van der Waals surface area contributed by atoms with Crippen molar-refractivity contribution in [3.8, 4) is 0 Å². The lowest BCUT2D eigenvalue weighted by Gasteiger charge is -2.11. The van der Waals surface area contributed by atoms with Crippen LogP contribution in [-0.2, 0) is 9.59 Å². The van der Waals surface area contributed by atoms with E-state index >= 15 is 0 Å². The van der Waals surface area contributed by atoms with Gasteiger partial charge in [-0.25, -0.2) is 4.79 Å². The van der Waals surface area contributed by atoms with E-state index in [1.807, 2.05) is 25.1 Å². The number of halogens is 1. The minimum atomic E-state index is -1.25. The van der Waals surface area contributed by atoms with Gasteiger partial charge in [0.2, 0.25) is 5.91 Å². The number of hydrogen-bond acceptors (Lipinski definition) is 4. The number of aliphatic carboxylic acids is 1. The second-order valence-corrected chi connectivity index (χ2v) is 5.77. The molecule has 0 aliphatic rings. The summed E-state index contributed by atoms with van der Waals surface area (Å²) in [6, 6.07) is 4.45. The average Bonchev–Trinajstić information content (AvgIpc) is 2.34. The number of aliphatic hydroxyl groups excluding tert-OH is 1. The van der Waals surface area contributed by atoms with Crippen molar-refractivity contribution < 1.29 is 19.8 Å². The number of aryl methyl sites for hydroxylation is 1. The van der Waals surface area contributed by atoms with Crippen molar-refractivity contribution >= 4 is 39.6 Å². The maximum absolute atomic E-state index is 11.6. The van der Waals surface area contributed by atoms with Gasteiger partial charge in [0.05, 0.1) is 12.4 Å². The molecular formula is C12H14BrNO4S. The molecule has 0 heterocycles. The number of nitrogens with one attached hydrogen (secondary N) is 1. The van der Waals surface area contributed by atoms with E-state index in [0.717, 1.165) is 14.9 Å². The van der Waals surface area contributed by atoms with E-state index < -0.39 is 24.5 Å². The lowest BCUT2D eigenvalue weighted by atomic mass is 10.2. The third-order valence-corrected chi connectivity index (χ3v) is 3.98. The van der Waals surface area contributed by atoms with Crippen LogP contribution in [0.5, 0.6) is 0 Å². The zero-order valence-electron chi connectivity index (χ0n) is 10.2. The molecule has 1 unspecified atom stereocenters. The molecule has 1 atom stereocenters. The lowest BCUT2D eigenvalue weighted by molar-refractivity contribution is -0.142. The number of aliphatic hydroxyl groups is 1. The Kier molecular flexibility index (Phi) is 6.33. The lowest BCUT2D eigenvalue weighted by Crippen LogP contribution is -2.44. The first-order valence-electron chi connectivity index (χ1n) is 5.46. The summed E-state index contributed by atoms with van der Waals surface area (Å²) in [6.07, 6.45) is 0. The highest BCUT2D eigenvalue weighted by molar-refractivity contribution is 9.10. The van der Waals surface area contributed by atoms with Gasteiger partial charge in [-0.05, 0) is 30.7 Å². The molecule has 5 nitrogen and oxygen atoms in total. The van der Waals surface area contributed by atoms with Gasteiger partial charge in [-0.15, -0.1) is 11.8 Å². The Labute approximate surface area is 123 Å². The minimum Gasteiger partial charge on any atom is -0.480 e. The second-order valence-electron chi connectivity index (χ2n) is 3.84. The minimum absolute atomic E-state index is 0.103. The van der Waals surface area contributed by atoms with Crippen molar-refractivity contribution in [3.05, 3.63) is 28.2 Å². The van der Waals surface area contributed by atoms with Gasteiger partial charge in [0.25, 0.3) is 0 Å². The highest BCUT2D eigenvalue weighted by atomic mass is 79.9. The SMILES string of the molecule is Cc1cc(Br)ccc1SCC(=O)NC(CO)C(=O)O. The zero-order chi connectivity index (χ0) is 14.4. The van der Waals surface area contributed by atoms with Crippen molar-refractivity contribution in [1.29, 1.82) is 0 Å². The number of carboxylic acids is 1. The smallest absolute Gasteiger partial charge is 0.328 e. The summed E-state index contributed by atoms with van der Waals surface area (Å²) in [4.78, 5) is 23.2. The summed E-state index contributed by atoms with van der Waals surface area (Å²) in [7, 11) is 0. The number of thioether (sulfide) groups is 1. The Balaban J connectivity index is 2.52. The Bertz CT molecular complexity index is 481. The number of carboxylic acid groups (broad SMARTS) is 1. The maximum atomic E-state index is 11.6. The number of rotatable bonds is 6. The molecule has 1 aromatic rings. The van der Waals surface area contributed by atoms with E-state index in [4.69, 9.17) is 10.2 Å². The molecule has 0 saturated carbocycles. The fourth-order valence-electron chi connectivity index (χ4n) is 1.34. The molecule has 0 spiro atoms. The molecule has 0 aromatic heterocycles. The predicted molar refractivity (Wildman–Crippen MR) is 76.3 cm³/mol. The van der Waals surface area contributed by atoms with Crippen LogP contribution >= 0.6 is 27.7 Å². The number of hydrogen-bond donors (Lipinski definition) is 3. The van der Waals surface area contributed by atoms with Crippen molar-refractivity contribution in [2.75, 3.05) is 12.4 Å². The van der Waals surface area contributed by atoms with Crippen LogP contribution in [0.1, 0.15) is 5.56 Å². The van der Waals surface area contributed by atoms with Crippen LogP contribution in [0.2, 0.25) is 0 Å². The van der Waals surface area contributed by atoms with Crippen LogP contribution < -0.4 is 5.32 Å². The molecule has 0 fully saturated rings. The van der Waals surface area contributed by atoms with E-state index in [0.29, 0.717) is 0 Å². The summed E-state index contributed by atoms with van der Waals surface area (Å²) in [6.45, 7) is 1.31. The quantitative estimate of drug-likeness (QED) is 0.677. The first-order valence-corrected chi connectivity index (χ1v) is 7.24.